The first-order chi connectivity index (χ1) is 11.7. The molecule has 0 N–H and O–H groups in total. The van der Waals surface area contributed by atoms with Gasteiger partial charge in [0.1, 0.15) is 0 Å². The first-order valence-electron chi connectivity index (χ1n) is 9.62. The van der Waals surface area contributed by atoms with Crippen molar-refractivity contribution >= 4 is 23.6 Å². The van der Waals surface area contributed by atoms with Crippen LogP contribution in [0.1, 0.15) is 38.5 Å². The molecule has 0 spiro atoms. The minimum Gasteiger partial charge on any atom is -0.342 e. The molecule has 0 aromatic rings. The quantitative estimate of drug-likeness (QED) is 0.772. The average Bonchev–Trinajstić information content (AvgIpc) is 3.47. The van der Waals surface area contributed by atoms with Crippen molar-refractivity contribution in [2.45, 2.75) is 50.6 Å². The Morgan fingerprint density at radius 2 is 1.62 bits per heavy atom. The van der Waals surface area contributed by atoms with E-state index in [4.69, 9.17) is 0 Å². The van der Waals surface area contributed by atoms with Crippen LogP contribution >= 0.6 is 11.8 Å². The minimum absolute atomic E-state index is 0.0474. The molecule has 0 bridgehead atoms. The fourth-order valence-corrected chi connectivity index (χ4v) is 5.40. The smallest absolute Gasteiger partial charge is 0.227 e. The van der Waals surface area contributed by atoms with Crippen LogP contribution in [0, 0.1) is 5.92 Å². The summed E-state index contributed by atoms with van der Waals surface area (Å²) in [5, 5.41) is 0. The topological polar surface area (TPSA) is 43.9 Å². The second kappa shape index (κ2) is 7.24. The number of piperidine rings is 2. The van der Waals surface area contributed by atoms with Gasteiger partial charge in [-0.1, -0.05) is 0 Å². The van der Waals surface area contributed by atoms with Gasteiger partial charge in [0, 0.05) is 62.7 Å². The molecule has 4 fully saturated rings. The van der Waals surface area contributed by atoms with E-state index in [0.717, 1.165) is 45.2 Å². The second-order valence-corrected chi connectivity index (χ2v) is 8.94. The Balaban J connectivity index is 1.28. The summed E-state index contributed by atoms with van der Waals surface area (Å²) in [7, 11) is 0. The van der Waals surface area contributed by atoms with Crippen LogP contribution in [-0.4, -0.2) is 82.8 Å². The summed E-state index contributed by atoms with van der Waals surface area (Å²) in [6.07, 6.45) is 5.82. The van der Waals surface area contributed by atoms with Gasteiger partial charge in [0.05, 0.1) is 5.92 Å². The summed E-state index contributed by atoms with van der Waals surface area (Å²) in [5.41, 5.74) is 0. The first-order valence-corrected chi connectivity index (χ1v) is 10.8. The van der Waals surface area contributed by atoms with Gasteiger partial charge in [0.25, 0.3) is 0 Å². The summed E-state index contributed by atoms with van der Waals surface area (Å²) in [5.74, 6) is 3.13. The highest BCUT2D eigenvalue weighted by Crippen LogP contribution is 2.32. The van der Waals surface area contributed by atoms with Gasteiger partial charge in [-0.05, 0) is 32.1 Å². The second-order valence-electron chi connectivity index (χ2n) is 7.72. The predicted molar refractivity (Wildman–Crippen MR) is 96.0 cm³/mol. The van der Waals surface area contributed by atoms with E-state index in [9.17, 15) is 9.59 Å². The lowest BCUT2D eigenvalue weighted by atomic mass is 9.94. The van der Waals surface area contributed by atoms with Crippen LogP contribution in [0.4, 0.5) is 0 Å². The van der Waals surface area contributed by atoms with E-state index >= 15 is 0 Å². The van der Waals surface area contributed by atoms with Crippen LogP contribution in [0.25, 0.3) is 0 Å². The van der Waals surface area contributed by atoms with Crippen LogP contribution in [0.2, 0.25) is 0 Å². The molecule has 3 saturated heterocycles. The number of hydrogen-bond donors (Lipinski definition) is 0. The van der Waals surface area contributed by atoms with E-state index in [1.165, 1.54) is 24.6 Å². The molecule has 4 rings (SSSR count). The van der Waals surface area contributed by atoms with Crippen LogP contribution in [-0.2, 0) is 9.59 Å². The van der Waals surface area contributed by atoms with Gasteiger partial charge in [-0.25, -0.2) is 0 Å². The van der Waals surface area contributed by atoms with E-state index in [1.54, 1.807) is 0 Å². The fraction of sp³-hybridized carbons (Fsp3) is 0.889. The van der Waals surface area contributed by atoms with Crippen molar-refractivity contribution in [1.29, 1.82) is 0 Å². The highest BCUT2D eigenvalue weighted by Gasteiger charge is 2.40. The highest BCUT2D eigenvalue weighted by molar-refractivity contribution is 7.99. The zero-order valence-corrected chi connectivity index (χ0v) is 15.3. The molecule has 3 heterocycles. The van der Waals surface area contributed by atoms with Crippen molar-refractivity contribution in [1.82, 2.24) is 14.7 Å². The number of hydrogen-bond acceptors (Lipinski definition) is 4. The van der Waals surface area contributed by atoms with E-state index < -0.39 is 0 Å². The molecule has 0 aromatic carbocycles. The standard InChI is InChI=1S/C18H29N3O2S/c22-17-4-1-14(13-21(17)16-2-3-16)18(23)20-7-5-15(6-8-20)19-9-11-24-12-10-19/h14-16H,1-13H2. The maximum absolute atomic E-state index is 12.9. The lowest BCUT2D eigenvalue weighted by molar-refractivity contribution is -0.144. The summed E-state index contributed by atoms with van der Waals surface area (Å²) in [6, 6.07) is 1.11. The van der Waals surface area contributed by atoms with Crippen LogP contribution in [0.3, 0.4) is 0 Å². The van der Waals surface area contributed by atoms with Crippen molar-refractivity contribution in [2.24, 2.45) is 5.92 Å². The monoisotopic (exact) mass is 351 g/mol. The maximum atomic E-state index is 12.9. The Labute approximate surface area is 149 Å². The van der Waals surface area contributed by atoms with E-state index in [1.807, 2.05) is 4.90 Å². The van der Waals surface area contributed by atoms with Crippen molar-refractivity contribution < 1.29 is 9.59 Å². The third kappa shape index (κ3) is 3.59. The molecule has 1 saturated carbocycles. The van der Waals surface area contributed by atoms with E-state index in [2.05, 4.69) is 21.6 Å². The van der Waals surface area contributed by atoms with Gasteiger partial charge >= 0.3 is 0 Å². The van der Waals surface area contributed by atoms with Gasteiger partial charge in [-0.15, -0.1) is 0 Å². The summed E-state index contributed by atoms with van der Waals surface area (Å²) in [6.45, 7) is 4.91. The van der Waals surface area contributed by atoms with Crippen molar-refractivity contribution in [3.63, 3.8) is 0 Å². The van der Waals surface area contributed by atoms with Gasteiger partial charge in [0.15, 0.2) is 0 Å². The number of amides is 2. The number of thioether (sulfide) groups is 1. The molecule has 4 aliphatic rings. The largest absolute Gasteiger partial charge is 0.342 e. The number of carbonyl (C=O) groups is 2. The molecule has 24 heavy (non-hydrogen) atoms. The third-order valence-corrected chi connectivity index (χ3v) is 7.06. The highest BCUT2D eigenvalue weighted by atomic mass is 32.2. The van der Waals surface area contributed by atoms with E-state index in [0.29, 0.717) is 31.0 Å². The van der Waals surface area contributed by atoms with Crippen molar-refractivity contribution in [2.75, 3.05) is 44.2 Å². The van der Waals surface area contributed by atoms with Crippen LogP contribution in [0.15, 0.2) is 0 Å². The van der Waals surface area contributed by atoms with Gasteiger partial charge in [-0.2, -0.15) is 11.8 Å². The average molecular weight is 352 g/mol. The molecule has 0 aromatic heterocycles. The molecule has 3 aliphatic heterocycles. The SMILES string of the molecule is O=C(C1CCC(=O)N(C2CC2)C1)N1CCC(N2CCSCC2)CC1. The fourth-order valence-electron chi connectivity index (χ4n) is 4.46. The number of rotatable bonds is 3. The normalized spacial score (nSPS) is 30.7. The Morgan fingerprint density at radius 1 is 0.917 bits per heavy atom. The zero-order valence-electron chi connectivity index (χ0n) is 14.5. The zero-order chi connectivity index (χ0) is 16.5. The lowest BCUT2D eigenvalue weighted by Gasteiger charge is -2.41. The Morgan fingerprint density at radius 3 is 2.29 bits per heavy atom. The summed E-state index contributed by atoms with van der Waals surface area (Å²) in [4.78, 5) is 31.6. The third-order valence-electron chi connectivity index (χ3n) is 6.12. The van der Waals surface area contributed by atoms with E-state index in [-0.39, 0.29) is 11.8 Å². The van der Waals surface area contributed by atoms with Crippen molar-refractivity contribution in [3.8, 4) is 0 Å². The van der Waals surface area contributed by atoms with Crippen LogP contribution < -0.4 is 0 Å². The molecule has 5 nitrogen and oxygen atoms in total. The molecular weight excluding hydrogens is 322 g/mol. The molecule has 2 amide bonds. The summed E-state index contributed by atoms with van der Waals surface area (Å²) < 4.78 is 0. The Kier molecular flexibility index (Phi) is 5.04. The predicted octanol–water partition coefficient (Wildman–Crippen LogP) is 1.43. The summed E-state index contributed by atoms with van der Waals surface area (Å²) >= 11 is 2.06. The molecule has 0 radical (unpaired) electrons. The Hall–Kier alpha value is -0.750. The maximum Gasteiger partial charge on any atom is 0.227 e. The number of nitrogens with zero attached hydrogens (tertiary/aromatic N) is 3. The molecule has 134 valence electrons. The molecular formula is C18H29N3O2S. The first kappa shape index (κ1) is 16.7. The van der Waals surface area contributed by atoms with Crippen LogP contribution in [0.5, 0.6) is 0 Å². The van der Waals surface area contributed by atoms with Gasteiger partial charge < -0.3 is 9.80 Å². The lowest BCUT2D eigenvalue weighted by Crippen LogP contribution is -2.52. The van der Waals surface area contributed by atoms with Gasteiger partial charge in [-0.3, -0.25) is 14.5 Å². The molecule has 1 aliphatic carbocycles. The minimum atomic E-state index is 0.0474. The molecule has 6 heteroatoms. The molecule has 1 unspecified atom stereocenters. The molecule has 1 atom stereocenters. The number of carbonyl (C=O) groups excluding carboxylic acids is 2. The van der Waals surface area contributed by atoms with Crippen molar-refractivity contribution in [3.05, 3.63) is 0 Å². The van der Waals surface area contributed by atoms with Gasteiger partial charge in [0.2, 0.25) is 11.8 Å². The number of likely N-dealkylation sites (tertiary alicyclic amines) is 2. The Bertz CT molecular complexity index is 483.